The Labute approximate surface area is 98.2 Å². The number of ether oxygens (including phenoxy) is 2. The Balaban J connectivity index is 2.04. The van der Waals surface area contributed by atoms with E-state index in [1.165, 1.54) is 18.4 Å². The molecule has 3 heteroatoms. The third-order valence-corrected chi connectivity index (χ3v) is 3.47. The van der Waals surface area contributed by atoms with Crippen LogP contribution in [0.25, 0.3) is 0 Å². The van der Waals surface area contributed by atoms with Crippen LogP contribution in [-0.2, 0) is 9.47 Å². The lowest BCUT2D eigenvalue weighted by Gasteiger charge is -2.30. The zero-order chi connectivity index (χ0) is 11.4. The normalized spacial score (nSPS) is 24.5. The summed E-state index contributed by atoms with van der Waals surface area (Å²) in [7, 11) is 1.83. The molecule has 2 unspecified atom stereocenters. The highest BCUT2D eigenvalue weighted by atomic mass is 16.5. The van der Waals surface area contributed by atoms with E-state index in [0.717, 1.165) is 31.9 Å². The van der Waals surface area contributed by atoms with E-state index in [1.807, 2.05) is 13.4 Å². The number of hydrogen-bond donors (Lipinski definition) is 1. The fourth-order valence-electron chi connectivity index (χ4n) is 2.52. The second-order valence-electron chi connectivity index (χ2n) is 4.74. The topological polar surface area (TPSA) is 30.5 Å². The summed E-state index contributed by atoms with van der Waals surface area (Å²) in [4.78, 5) is 0. The van der Waals surface area contributed by atoms with E-state index in [4.69, 9.17) is 9.47 Å². The molecule has 1 aliphatic heterocycles. The molecule has 0 radical (unpaired) electrons. The highest BCUT2D eigenvalue weighted by molar-refractivity contribution is 5.14. The first-order valence-corrected chi connectivity index (χ1v) is 6.43. The van der Waals surface area contributed by atoms with Crippen LogP contribution in [0.15, 0.2) is 11.8 Å². The van der Waals surface area contributed by atoms with Crippen LogP contribution in [0.2, 0.25) is 0 Å². The largest absolute Gasteiger partial charge is 0.501 e. The predicted molar refractivity (Wildman–Crippen MR) is 64.3 cm³/mol. The summed E-state index contributed by atoms with van der Waals surface area (Å²) in [5, 5.41) is 3.55. The van der Waals surface area contributed by atoms with Crippen LogP contribution in [0, 0.1) is 5.92 Å². The molecule has 16 heavy (non-hydrogen) atoms. The Morgan fingerprint density at radius 1 is 1.56 bits per heavy atom. The first-order chi connectivity index (χ1) is 7.86. The van der Waals surface area contributed by atoms with Crippen molar-refractivity contribution in [2.24, 2.45) is 5.92 Å². The minimum absolute atomic E-state index is 0.327. The fourth-order valence-corrected chi connectivity index (χ4v) is 2.52. The van der Waals surface area contributed by atoms with Gasteiger partial charge in [0.2, 0.25) is 0 Å². The molecule has 92 valence electrons. The van der Waals surface area contributed by atoms with Crippen molar-refractivity contribution < 1.29 is 9.47 Å². The Hall–Kier alpha value is -0.540. The molecule has 0 bridgehead atoms. The first kappa shape index (κ1) is 11.9. The smallest absolute Gasteiger partial charge is 0.0876 e. The average molecular weight is 225 g/mol. The Morgan fingerprint density at radius 2 is 2.38 bits per heavy atom. The van der Waals surface area contributed by atoms with Crippen molar-refractivity contribution in [2.75, 3.05) is 20.3 Å². The average Bonchev–Trinajstić information content (AvgIpc) is 3.15. The molecule has 2 rings (SSSR count). The van der Waals surface area contributed by atoms with Crippen molar-refractivity contribution in [1.82, 2.24) is 5.32 Å². The standard InChI is InChI=1S/C13H23NO2/c1-3-14-12(11-5-4-8-16-9-11)13(15-2)10-6-7-10/h9-10,12-14H,3-8H2,1-2H3. The lowest BCUT2D eigenvalue weighted by Crippen LogP contribution is -2.44. The molecule has 0 saturated heterocycles. The van der Waals surface area contributed by atoms with E-state index in [1.54, 1.807) is 0 Å². The van der Waals surface area contributed by atoms with Crippen molar-refractivity contribution >= 4 is 0 Å². The third-order valence-electron chi connectivity index (χ3n) is 3.47. The molecule has 2 aliphatic rings. The highest BCUT2D eigenvalue weighted by Gasteiger charge is 2.38. The summed E-state index contributed by atoms with van der Waals surface area (Å²) in [5.74, 6) is 0.747. The molecule has 0 spiro atoms. The molecule has 0 aromatic carbocycles. The summed E-state index contributed by atoms with van der Waals surface area (Å²) in [6.07, 6.45) is 7.18. The molecule has 0 aromatic heterocycles. The summed E-state index contributed by atoms with van der Waals surface area (Å²) >= 11 is 0. The third kappa shape index (κ3) is 2.77. The maximum atomic E-state index is 5.68. The van der Waals surface area contributed by atoms with Gasteiger partial charge in [-0.1, -0.05) is 6.92 Å². The number of likely N-dealkylation sites (N-methyl/N-ethyl adjacent to an activating group) is 1. The Bertz CT molecular complexity index is 248. The maximum Gasteiger partial charge on any atom is 0.0876 e. The van der Waals surface area contributed by atoms with Gasteiger partial charge in [-0.15, -0.1) is 0 Å². The molecule has 1 saturated carbocycles. The highest BCUT2D eigenvalue weighted by Crippen LogP contribution is 2.37. The van der Waals surface area contributed by atoms with Crippen LogP contribution in [0.5, 0.6) is 0 Å². The van der Waals surface area contributed by atoms with Gasteiger partial charge in [0.05, 0.1) is 25.0 Å². The maximum absolute atomic E-state index is 5.68. The second-order valence-corrected chi connectivity index (χ2v) is 4.74. The monoisotopic (exact) mass is 225 g/mol. The summed E-state index contributed by atoms with van der Waals surface area (Å²) < 4.78 is 11.1. The first-order valence-electron chi connectivity index (χ1n) is 6.43. The van der Waals surface area contributed by atoms with Gasteiger partial charge in [-0.25, -0.2) is 0 Å². The van der Waals surface area contributed by atoms with Crippen molar-refractivity contribution in [3.05, 3.63) is 11.8 Å². The zero-order valence-corrected chi connectivity index (χ0v) is 10.4. The number of methoxy groups -OCH3 is 1. The van der Waals surface area contributed by atoms with Crippen molar-refractivity contribution in [1.29, 1.82) is 0 Å². The quantitative estimate of drug-likeness (QED) is 0.751. The molecule has 2 atom stereocenters. The number of rotatable bonds is 6. The zero-order valence-electron chi connectivity index (χ0n) is 10.4. The minimum Gasteiger partial charge on any atom is -0.501 e. The number of hydrogen-bond acceptors (Lipinski definition) is 3. The molecular weight excluding hydrogens is 202 g/mol. The van der Waals surface area contributed by atoms with Crippen LogP contribution in [0.3, 0.4) is 0 Å². The van der Waals surface area contributed by atoms with Crippen molar-refractivity contribution in [2.45, 2.75) is 44.8 Å². The molecule has 3 nitrogen and oxygen atoms in total. The minimum atomic E-state index is 0.327. The molecule has 0 aromatic rings. The molecule has 1 fully saturated rings. The summed E-state index contributed by atoms with van der Waals surface area (Å²) in [5.41, 5.74) is 1.38. The van der Waals surface area contributed by atoms with E-state index >= 15 is 0 Å². The van der Waals surface area contributed by atoms with Gasteiger partial charge in [0.15, 0.2) is 0 Å². The van der Waals surface area contributed by atoms with Gasteiger partial charge in [-0.3, -0.25) is 0 Å². The summed E-state index contributed by atoms with van der Waals surface area (Å²) in [6, 6.07) is 0.350. The molecular formula is C13H23NO2. The molecule has 1 heterocycles. The van der Waals surface area contributed by atoms with E-state index in [2.05, 4.69) is 12.2 Å². The van der Waals surface area contributed by atoms with Crippen LogP contribution in [0.4, 0.5) is 0 Å². The lowest BCUT2D eigenvalue weighted by molar-refractivity contribution is 0.0577. The van der Waals surface area contributed by atoms with Gasteiger partial charge in [0.25, 0.3) is 0 Å². The van der Waals surface area contributed by atoms with E-state index in [9.17, 15) is 0 Å². The lowest BCUT2D eigenvalue weighted by atomic mass is 9.94. The van der Waals surface area contributed by atoms with Gasteiger partial charge < -0.3 is 14.8 Å². The van der Waals surface area contributed by atoms with E-state index in [-0.39, 0.29) is 0 Å². The molecule has 1 aliphatic carbocycles. The molecule has 1 N–H and O–H groups in total. The van der Waals surface area contributed by atoms with Crippen LogP contribution in [0.1, 0.15) is 32.6 Å². The van der Waals surface area contributed by atoms with Crippen LogP contribution >= 0.6 is 0 Å². The number of nitrogens with one attached hydrogen (secondary N) is 1. The van der Waals surface area contributed by atoms with Gasteiger partial charge in [0, 0.05) is 7.11 Å². The second kappa shape index (κ2) is 5.69. The van der Waals surface area contributed by atoms with E-state index < -0.39 is 0 Å². The van der Waals surface area contributed by atoms with E-state index in [0.29, 0.717) is 12.1 Å². The van der Waals surface area contributed by atoms with Gasteiger partial charge >= 0.3 is 0 Å². The Morgan fingerprint density at radius 3 is 2.88 bits per heavy atom. The van der Waals surface area contributed by atoms with Crippen molar-refractivity contribution in [3.8, 4) is 0 Å². The van der Waals surface area contributed by atoms with Gasteiger partial charge in [-0.2, -0.15) is 0 Å². The summed E-state index contributed by atoms with van der Waals surface area (Å²) in [6.45, 7) is 3.99. The van der Waals surface area contributed by atoms with Crippen LogP contribution < -0.4 is 5.32 Å². The van der Waals surface area contributed by atoms with Crippen LogP contribution in [-0.4, -0.2) is 32.4 Å². The Kier molecular flexibility index (Phi) is 4.24. The van der Waals surface area contributed by atoms with Crippen molar-refractivity contribution in [3.63, 3.8) is 0 Å². The SMILES string of the molecule is CCNC(C1=COCCC1)C(OC)C1CC1. The fraction of sp³-hybridized carbons (Fsp3) is 0.846. The van der Waals surface area contributed by atoms with Gasteiger partial charge in [0.1, 0.15) is 0 Å². The molecule has 0 amide bonds. The predicted octanol–water partition coefficient (Wildman–Crippen LogP) is 2.08. The van der Waals surface area contributed by atoms with Gasteiger partial charge in [-0.05, 0) is 43.7 Å².